The Morgan fingerprint density at radius 1 is 1.24 bits per heavy atom. The summed E-state index contributed by atoms with van der Waals surface area (Å²) in [5.41, 5.74) is 2.65. The van der Waals surface area contributed by atoms with Crippen molar-refractivity contribution in [1.29, 1.82) is 0 Å². The summed E-state index contributed by atoms with van der Waals surface area (Å²) >= 11 is 3.50. The van der Waals surface area contributed by atoms with Gasteiger partial charge in [0.2, 0.25) is 0 Å². The molecule has 0 saturated heterocycles. The van der Waals surface area contributed by atoms with Gasteiger partial charge >= 0.3 is 0 Å². The summed E-state index contributed by atoms with van der Waals surface area (Å²) in [7, 11) is 0. The average molecular weight is 297 g/mol. The van der Waals surface area contributed by atoms with Crippen molar-refractivity contribution in [3.63, 3.8) is 0 Å². The average Bonchev–Trinajstić information content (AvgIpc) is 2.38. The molecule has 2 heteroatoms. The maximum absolute atomic E-state index is 5.63. The van der Waals surface area contributed by atoms with Gasteiger partial charge in [-0.2, -0.15) is 0 Å². The number of unbranched alkanes of at least 4 members (excludes halogenated alkanes) is 1. The molecule has 0 bridgehead atoms. The largest absolute Gasteiger partial charge is 0.494 e. The molecule has 1 aromatic rings. The van der Waals surface area contributed by atoms with E-state index in [2.05, 4.69) is 48.0 Å². The maximum atomic E-state index is 5.63. The van der Waals surface area contributed by atoms with Crippen LogP contribution in [0.5, 0.6) is 5.75 Å². The zero-order valence-electron chi connectivity index (χ0n) is 10.7. The van der Waals surface area contributed by atoms with Gasteiger partial charge in [-0.3, -0.25) is 0 Å². The Balaban J connectivity index is 2.58. The van der Waals surface area contributed by atoms with Gasteiger partial charge in [0.1, 0.15) is 5.75 Å². The second kappa shape index (κ2) is 8.35. The Hall–Kier alpha value is -0.760. The normalized spacial score (nSPS) is 11.6. The van der Waals surface area contributed by atoms with Crippen molar-refractivity contribution >= 4 is 22.0 Å². The van der Waals surface area contributed by atoms with E-state index in [1.807, 2.05) is 12.1 Å². The van der Waals surface area contributed by atoms with Gasteiger partial charge in [-0.1, -0.05) is 60.0 Å². The SMILES string of the molecule is CCCCOc1ccc(C=C(CC)CBr)cc1. The summed E-state index contributed by atoms with van der Waals surface area (Å²) in [6, 6.07) is 8.31. The third-order valence-electron chi connectivity index (χ3n) is 2.64. The van der Waals surface area contributed by atoms with Gasteiger partial charge in [-0.25, -0.2) is 0 Å². The fourth-order valence-electron chi connectivity index (χ4n) is 1.47. The first-order valence-corrected chi connectivity index (χ1v) is 7.40. The number of halogens is 1. The van der Waals surface area contributed by atoms with E-state index >= 15 is 0 Å². The molecule has 0 aliphatic heterocycles. The second-order valence-electron chi connectivity index (χ2n) is 4.06. The minimum Gasteiger partial charge on any atom is -0.494 e. The third kappa shape index (κ3) is 5.40. The first-order valence-electron chi connectivity index (χ1n) is 6.28. The topological polar surface area (TPSA) is 9.23 Å². The summed E-state index contributed by atoms with van der Waals surface area (Å²) < 4.78 is 5.63. The van der Waals surface area contributed by atoms with E-state index in [1.165, 1.54) is 17.6 Å². The third-order valence-corrected chi connectivity index (χ3v) is 3.36. The molecule has 94 valence electrons. The van der Waals surface area contributed by atoms with Crippen LogP contribution in [0.4, 0.5) is 0 Å². The van der Waals surface area contributed by atoms with Gasteiger partial charge in [0.15, 0.2) is 0 Å². The van der Waals surface area contributed by atoms with E-state index in [0.29, 0.717) is 0 Å². The highest BCUT2D eigenvalue weighted by molar-refractivity contribution is 9.09. The Morgan fingerprint density at radius 3 is 2.47 bits per heavy atom. The molecule has 1 aromatic carbocycles. The minimum atomic E-state index is 0.813. The Labute approximate surface area is 113 Å². The van der Waals surface area contributed by atoms with E-state index in [0.717, 1.165) is 30.5 Å². The van der Waals surface area contributed by atoms with Gasteiger partial charge in [0, 0.05) is 5.33 Å². The molecule has 0 fully saturated rings. The summed E-state index contributed by atoms with van der Waals surface area (Å²) in [6.45, 7) is 5.16. The summed E-state index contributed by atoms with van der Waals surface area (Å²) in [4.78, 5) is 0. The Bertz CT molecular complexity index is 334. The number of hydrogen-bond donors (Lipinski definition) is 0. The first-order chi connectivity index (χ1) is 8.30. The summed E-state index contributed by atoms with van der Waals surface area (Å²) in [5.74, 6) is 0.965. The van der Waals surface area contributed by atoms with E-state index < -0.39 is 0 Å². The van der Waals surface area contributed by atoms with Crippen LogP contribution in [0, 0.1) is 0 Å². The Kier molecular flexibility index (Phi) is 7.02. The number of hydrogen-bond acceptors (Lipinski definition) is 1. The zero-order chi connectivity index (χ0) is 12.5. The van der Waals surface area contributed by atoms with Crippen LogP contribution in [0.3, 0.4) is 0 Å². The second-order valence-corrected chi connectivity index (χ2v) is 4.62. The minimum absolute atomic E-state index is 0.813. The number of benzene rings is 1. The quantitative estimate of drug-likeness (QED) is 0.505. The van der Waals surface area contributed by atoms with Gasteiger partial charge in [-0.05, 0) is 30.5 Å². The van der Waals surface area contributed by atoms with Crippen molar-refractivity contribution in [3.8, 4) is 5.75 Å². The molecule has 0 aromatic heterocycles. The zero-order valence-corrected chi connectivity index (χ0v) is 12.3. The molecular formula is C15H21BrO. The molecule has 0 N–H and O–H groups in total. The molecule has 0 aliphatic rings. The number of allylic oxidation sites excluding steroid dienone is 1. The van der Waals surface area contributed by atoms with Gasteiger partial charge in [0.05, 0.1) is 6.61 Å². The lowest BCUT2D eigenvalue weighted by atomic mass is 10.1. The predicted octanol–water partition coefficient (Wildman–Crippen LogP) is 5.05. The fourth-order valence-corrected chi connectivity index (χ4v) is 2.02. The Morgan fingerprint density at radius 2 is 1.94 bits per heavy atom. The number of rotatable bonds is 7. The van der Waals surface area contributed by atoms with Crippen molar-refractivity contribution < 1.29 is 4.74 Å². The highest BCUT2D eigenvalue weighted by Gasteiger charge is 1.95. The van der Waals surface area contributed by atoms with E-state index in [1.54, 1.807) is 0 Å². The fraction of sp³-hybridized carbons (Fsp3) is 0.467. The molecule has 0 unspecified atom stereocenters. The lowest BCUT2D eigenvalue weighted by Crippen LogP contribution is -1.95. The van der Waals surface area contributed by atoms with Crippen LogP contribution in [0.15, 0.2) is 29.8 Å². The van der Waals surface area contributed by atoms with E-state index in [4.69, 9.17) is 4.74 Å². The van der Waals surface area contributed by atoms with Crippen molar-refractivity contribution in [3.05, 3.63) is 35.4 Å². The van der Waals surface area contributed by atoms with Crippen LogP contribution in [-0.2, 0) is 0 Å². The van der Waals surface area contributed by atoms with Gasteiger partial charge in [0.25, 0.3) is 0 Å². The van der Waals surface area contributed by atoms with Crippen LogP contribution < -0.4 is 4.74 Å². The lowest BCUT2D eigenvalue weighted by molar-refractivity contribution is 0.309. The highest BCUT2D eigenvalue weighted by Crippen LogP contribution is 2.16. The number of ether oxygens (including phenoxy) is 1. The van der Waals surface area contributed by atoms with E-state index in [-0.39, 0.29) is 0 Å². The first kappa shape index (κ1) is 14.3. The smallest absolute Gasteiger partial charge is 0.119 e. The molecule has 0 atom stereocenters. The number of alkyl halides is 1. The molecule has 0 spiro atoms. The van der Waals surface area contributed by atoms with Gasteiger partial charge in [-0.15, -0.1) is 0 Å². The molecule has 0 amide bonds. The van der Waals surface area contributed by atoms with Crippen LogP contribution in [0.25, 0.3) is 6.08 Å². The molecule has 1 nitrogen and oxygen atoms in total. The lowest BCUT2D eigenvalue weighted by Gasteiger charge is -2.05. The standard InChI is InChI=1S/C15H21BrO/c1-3-5-10-17-15-8-6-14(7-9-15)11-13(4-2)12-16/h6-9,11H,3-5,10,12H2,1-2H3. The molecule has 0 heterocycles. The van der Waals surface area contributed by atoms with Crippen molar-refractivity contribution in [2.75, 3.05) is 11.9 Å². The molecule has 0 saturated carbocycles. The van der Waals surface area contributed by atoms with Crippen molar-refractivity contribution in [2.24, 2.45) is 0 Å². The molecule has 17 heavy (non-hydrogen) atoms. The predicted molar refractivity (Wildman–Crippen MR) is 78.9 cm³/mol. The van der Waals surface area contributed by atoms with Crippen LogP contribution >= 0.6 is 15.9 Å². The molecular weight excluding hydrogens is 276 g/mol. The van der Waals surface area contributed by atoms with Crippen LogP contribution in [-0.4, -0.2) is 11.9 Å². The highest BCUT2D eigenvalue weighted by atomic mass is 79.9. The van der Waals surface area contributed by atoms with Gasteiger partial charge < -0.3 is 4.74 Å². The molecule has 1 rings (SSSR count). The molecule has 0 radical (unpaired) electrons. The monoisotopic (exact) mass is 296 g/mol. The van der Waals surface area contributed by atoms with Crippen molar-refractivity contribution in [2.45, 2.75) is 33.1 Å². The van der Waals surface area contributed by atoms with Crippen LogP contribution in [0.2, 0.25) is 0 Å². The van der Waals surface area contributed by atoms with E-state index in [9.17, 15) is 0 Å². The van der Waals surface area contributed by atoms with Crippen molar-refractivity contribution in [1.82, 2.24) is 0 Å². The maximum Gasteiger partial charge on any atom is 0.119 e. The summed E-state index contributed by atoms with van der Waals surface area (Å²) in [6.07, 6.45) is 5.60. The molecule has 0 aliphatic carbocycles. The van der Waals surface area contributed by atoms with Crippen LogP contribution in [0.1, 0.15) is 38.7 Å². The summed E-state index contributed by atoms with van der Waals surface area (Å²) in [5, 5.41) is 0.943.